The molecular weight excluding hydrogens is 269 g/mol. The Balaban J connectivity index is 2.26. The number of nitro groups is 1. The minimum absolute atomic E-state index is 0.0184. The van der Waals surface area contributed by atoms with Gasteiger partial charge in [0.15, 0.2) is 0 Å². The maximum Gasteiger partial charge on any atom is 0.335 e. The van der Waals surface area contributed by atoms with Crippen molar-refractivity contribution in [3.63, 3.8) is 0 Å². The van der Waals surface area contributed by atoms with E-state index in [9.17, 15) is 19.3 Å². The van der Waals surface area contributed by atoms with Crippen molar-refractivity contribution in [2.75, 3.05) is 0 Å². The molecule has 0 heterocycles. The van der Waals surface area contributed by atoms with Crippen molar-refractivity contribution in [3.05, 3.63) is 64.0 Å². The molecule has 2 rings (SSSR count). The molecular formula is C13H8FNO5. The number of rotatable bonds is 4. The molecule has 0 atom stereocenters. The third kappa shape index (κ3) is 2.89. The van der Waals surface area contributed by atoms with Crippen LogP contribution in [0.2, 0.25) is 0 Å². The molecule has 0 radical (unpaired) electrons. The second-order valence-electron chi connectivity index (χ2n) is 3.81. The summed E-state index contributed by atoms with van der Waals surface area (Å²) in [5, 5.41) is 19.3. The number of ether oxygens (including phenoxy) is 1. The molecule has 1 N–H and O–H groups in total. The largest absolute Gasteiger partial charge is 0.478 e. The molecule has 6 nitrogen and oxygen atoms in total. The third-order valence-corrected chi connectivity index (χ3v) is 2.43. The Morgan fingerprint density at radius 1 is 1.20 bits per heavy atom. The monoisotopic (exact) mass is 277 g/mol. The maximum absolute atomic E-state index is 13.4. The summed E-state index contributed by atoms with van der Waals surface area (Å²) < 4.78 is 18.7. The number of carbonyl (C=O) groups is 1. The van der Waals surface area contributed by atoms with E-state index in [1.165, 1.54) is 30.3 Å². The van der Waals surface area contributed by atoms with Crippen LogP contribution in [-0.4, -0.2) is 16.0 Å². The van der Waals surface area contributed by atoms with Gasteiger partial charge in [-0.1, -0.05) is 6.07 Å². The van der Waals surface area contributed by atoms with Crippen LogP contribution in [0, 0.1) is 15.9 Å². The lowest BCUT2D eigenvalue weighted by molar-refractivity contribution is -0.387. The van der Waals surface area contributed by atoms with E-state index < -0.39 is 22.4 Å². The van der Waals surface area contributed by atoms with Crippen molar-refractivity contribution in [2.45, 2.75) is 0 Å². The topological polar surface area (TPSA) is 89.7 Å². The summed E-state index contributed by atoms with van der Waals surface area (Å²) in [6, 6.07) is 8.69. The molecule has 0 saturated heterocycles. The Morgan fingerprint density at radius 3 is 2.50 bits per heavy atom. The highest BCUT2D eigenvalue weighted by Gasteiger charge is 2.14. The lowest BCUT2D eigenvalue weighted by Crippen LogP contribution is -1.96. The number of carboxylic acids is 1. The highest BCUT2D eigenvalue weighted by Crippen LogP contribution is 2.27. The zero-order valence-electron chi connectivity index (χ0n) is 9.95. The van der Waals surface area contributed by atoms with Gasteiger partial charge in [-0.2, -0.15) is 4.39 Å². The van der Waals surface area contributed by atoms with Crippen LogP contribution in [0.1, 0.15) is 10.4 Å². The first-order chi connectivity index (χ1) is 9.47. The lowest BCUT2D eigenvalue weighted by Gasteiger charge is -2.06. The molecule has 0 bridgehead atoms. The summed E-state index contributed by atoms with van der Waals surface area (Å²) in [6.45, 7) is 0. The van der Waals surface area contributed by atoms with Gasteiger partial charge in [-0.3, -0.25) is 10.1 Å². The minimum atomic E-state index is -1.12. The van der Waals surface area contributed by atoms with Crippen molar-refractivity contribution in [1.82, 2.24) is 0 Å². The lowest BCUT2D eigenvalue weighted by atomic mass is 10.2. The molecule has 0 aliphatic carbocycles. The summed E-state index contributed by atoms with van der Waals surface area (Å²) in [7, 11) is 0. The van der Waals surface area contributed by atoms with E-state index >= 15 is 0 Å². The average Bonchev–Trinajstić information content (AvgIpc) is 2.38. The van der Waals surface area contributed by atoms with E-state index in [1.807, 2.05) is 0 Å². The molecule has 7 heteroatoms. The molecule has 20 heavy (non-hydrogen) atoms. The van der Waals surface area contributed by atoms with Gasteiger partial charge < -0.3 is 9.84 Å². The van der Waals surface area contributed by atoms with Crippen LogP contribution in [0.25, 0.3) is 0 Å². The number of hydrogen-bond donors (Lipinski definition) is 1. The first kappa shape index (κ1) is 13.5. The first-order valence-corrected chi connectivity index (χ1v) is 5.42. The van der Waals surface area contributed by atoms with E-state index in [-0.39, 0.29) is 17.1 Å². The van der Waals surface area contributed by atoms with Gasteiger partial charge in [-0.05, 0) is 24.3 Å². The highest BCUT2D eigenvalue weighted by atomic mass is 19.1. The summed E-state index contributed by atoms with van der Waals surface area (Å²) in [6.07, 6.45) is 0. The molecule has 0 aliphatic rings. The van der Waals surface area contributed by atoms with Crippen molar-refractivity contribution >= 4 is 11.7 Å². The van der Waals surface area contributed by atoms with Crippen LogP contribution in [0.4, 0.5) is 10.1 Å². The number of benzene rings is 2. The Morgan fingerprint density at radius 2 is 1.90 bits per heavy atom. The highest BCUT2D eigenvalue weighted by molar-refractivity contribution is 5.88. The minimum Gasteiger partial charge on any atom is -0.478 e. The smallest absolute Gasteiger partial charge is 0.335 e. The summed E-state index contributed by atoms with van der Waals surface area (Å²) in [4.78, 5) is 20.4. The number of halogens is 1. The summed E-state index contributed by atoms with van der Waals surface area (Å²) >= 11 is 0. The maximum atomic E-state index is 13.4. The molecule has 2 aromatic rings. The Bertz CT molecular complexity index is 686. The van der Waals surface area contributed by atoms with E-state index in [0.29, 0.717) is 0 Å². The number of nitrogens with zero attached hydrogens (tertiary/aromatic N) is 1. The SMILES string of the molecule is O=C(O)c1cccc(Oc2ccc([N+](=O)[O-])c(F)c2)c1. The van der Waals surface area contributed by atoms with Crippen LogP contribution < -0.4 is 4.74 Å². The molecule has 102 valence electrons. The Kier molecular flexibility index (Phi) is 3.60. The van der Waals surface area contributed by atoms with Crippen LogP contribution >= 0.6 is 0 Å². The fraction of sp³-hybridized carbons (Fsp3) is 0. The van der Waals surface area contributed by atoms with Crippen molar-refractivity contribution in [3.8, 4) is 11.5 Å². The van der Waals surface area contributed by atoms with Crippen molar-refractivity contribution in [2.24, 2.45) is 0 Å². The molecule has 0 aliphatic heterocycles. The molecule has 0 unspecified atom stereocenters. The van der Waals surface area contributed by atoms with E-state index in [4.69, 9.17) is 9.84 Å². The van der Waals surface area contributed by atoms with Crippen LogP contribution in [0.5, 0.6) is 11.5 Å². The van der Waals surface area contributed by atoms with Gasteiger partial charge in [0.1, 0.15) is 11.5 Å². The number of nitro benzene ring substituents is 1. The number of aromatic carboxylic acids is 1. The van der Waals surface area contributed by atoms with Crippen molar-refractivity contribution in [1.29, 1.82) is 0 Å². The fourth-order valence-electron chi connectivity index (χ4n) is 1.53. The van der Waals surface area contributed by atoms with Crippen molar-refractivity contribution < 1.29 is 24.0 Å². The molecule has 0 aromatic heterocycles. The fourth-order valence-corrected chi connectivity index (χ4v) is 1.53. The Labute approximate surface area is 112 Å². The number of hydrogen-bond acceptors (Lipinski definition) is 4. The standard InChI is InChI=1S/C13H8FNO5/c14-11-7-10(4-5-12(11)15(18)19)20-9-3-1-2-8(6-9)13(16)17/h1-7H,(H,16,17). The second kappa shape index (κ2) is 5.35. The van der Waals surface area contributed by atoms with E-state index in [2.05, 4.69) is 0 Å². The number of carboxylic acid groups (broad SMARTS) is 1. The normalized spacial score (nSPS) is 10.1. The van der Waals surface area contributed by atoms with Crippen LogP contribution in [0.3, 0.4) is 0 Å². The first-order valence-electron chi connectivity index (χ1n) is 5.42. The van der Waals surface area contributed by atoms with Gasteiger partial charge in [0, 0.05) is 12.1 Å². The third-order valence-electron chi connectivity index (χ3n) is 2.43. The molecule has 2 aromatic carbocycles. The molecule has 0 spiro atoms. The zero-order valence-corrected chi connectivity index (χ0v) is 9.95. The van der Waals surface area contributed by atoms with Crippen LogP contribution in [-0.2, 0) is 0 Å². The van der Waals surface area contributed by atoms with Gasteiger partial charge in [-0.15, -0.1) is 0 Å². The Hall–Kier alpha value is -2.96. The van der Waals surface area contributed by atoms with Gasteiger partial charge in [0.2, 0.25) is 5.82 Å². The summed E-state index contributed by atoms with van der Waals surface area (Å²) in [5.41, 5.74) is -0.637. The van der Waals surface area contributed by atoms with Gasteiger partial charge in [-0.25, -0.2) is 4.79 Å². The van der Waals surface area contributed by atoms with Gasteiger partial charge in [0.25, 0.3) is 0 Å². The van der Waals surface area contributed by atoms with Gasteiger partial charge >= 0.3 is 11.7 Å². The predicted molar refractivity (Wildman–Crippen MR) is 66.5 cm³/mol. The molecule has 0 fully saturated rings. The second-order valence-corrected chi connectivity index (χ2v) is 3.81. The average molecular weight is 277 g/mol. The predicted octanol–water partition coefficient (Wildman–Crippen LogP) is 3.22. The summed E-state index contributed by atoms with van der Waals surface area (Å²) in [5.74, 6) is -1.92. The zero-order chi connectivity index (χ0) is 14.7. The van der Waals surface area contributed by atoms with E-state index in [1.54, 1.807) is 0 Å². The molecule has 0 amide bonds. The van der Waals surface area contributed by atoms with E-state index in [0.717, 1.165) is 12.1 Å². The van der Waals surface area contributed by atoms with Gasteiger partial charge in [0.05, 0.1) is 10.5 Å². The quantitative estimate of drug-likeness (QED) is 0.684. The molecule has 0 saturated carbocycles. The van der Waals surface area contributed by atoms with Crippen LogP contribution in [0.15, 0.2) is 42.5 Å².